The predicted octanol–water partition coefficient (Wildman–Crippen LogP) is 4.30. The van der Waals surface area contributed by atoms with Gasteiger partial charge in [0.2, 0.25) is 0 Å². The van der Waals surface area contributed by atoms with Gasteiger partial charge < -0.3 is 4.74 Å². The number of thiazole rings is 1. The molecule has 1 aromatic carbocycles. The molecule has 5 nitrogen and oxygen atoms in total. The molecular weight excluding hydrogens is 344 g/mol. The lowest BCUT2D eigenvalue weighted by Crippen LogP contribution is -2.10. The molecule has 0 atom stereocenters. The first-order valence-electron chi connectivity index (χ1n) is 7.26. The molecular formula is C17H14N2O3S2. The van der Waals surface area contributed by atoms with Crippen LogP contribution in [0, 0.1) is 0 Å². The third-order valence-electron chi connectivity index (χ3n) is 3.14. The molecule has 0 aliphatic carbocycles. The topological polar surface area (TPSA) is 68.3 Å². The summed E-state index contributed by atoms with van der Waals surface area (Å²) in [4.78, 5) is 29.2. The number of benzene rings is 1. The minimum Gasteiger partial charge on any atom is -0.462 e. The molecule has 0 saturated heterocycles. The van der Waals surface area contributed by atoms with Crippen LogP contribution in [0.4, 0.5) is 5.13 Å². The van der Waals surface area contributed by atoms with Crippen LogP contribution in [0.25, 0.3) is 11.3 Å². The zero-order valence-corrected chi connectivity index (χ0v) is 14.4. The number of aromatic nitrogens is 1. The number of anilines is 1. The molecule has 7 heteroatoms. The van der Waals surface area contributed by atoms with Crippen LogP contribution in [0.1, 0.15) is 27.0 Å². The van der Waals surface area contributed by atoms with Crippen molar-refractivity contribution in [2.75, 3.05) is 11.9 Å². The molecule has 0 spiro atoms. The van der Waals surface area contributed by atoms with E-state index in [2.05, 4.69) is 10.3 Å². The standard InChI is InChI=1S/C17H14N2O3S2/c1-2-22-16(21)14-13(11-6-4-3-5-7-11)18-17(24-14)19-15(20)12-8-9-23-10-12/h3-10H,2H2,1H3,(H,18,19,20). The summed E-state index contributed by atoms with van der Waals surface area (Å²) in [6.07, 6.45) is 0. The summed E-state index contributed by atoms with van der Waals surface area (Å²) >= 11 is 2.56. The molecule has 0 unspecified atom stereocenters. The Labute approximate surface area is 146 Å². The number of nitrogens with one attached hydrogen (secondary N) is 1. The normalized spacial score (nSPS) is 10.4. The molecule has 0 aliphatic rings. The van der Waals surface area contributed by atoms with E-state index in [1.807, 2.05) is 35.7 Å². The van der Waals surface area contributed by atoms with Gasteiger partial charge in [0.25, 0.3) is 5.91 Å². The Bertz CT molecular complexity index is 842. The molecule has 24 heavy (non-hydrogen) atoms. The number of nitrogens with zero attached hydrogens (tertiary/aromatic N) is 1. The van der Waals surface area contributed by atoms with Crippen LogP contribution in [-0.2, 0) is 4.74 Å². The first-order chi connectivity index (χ1) is 11.7. The molecule has 3 aromatic rings. The van der Waals surface area contributed by atoms with Gasteiger partial charge >= 0.3 is 5.97 Å². The summed E-state index contributed by atoms with van der Waals surface area (Å²) in [5.41, 5.74) is 1.88. The highest BCUT2D eigenvalue weighted by Crippen LogP contribution is 2.32. The maximum absolute atomic E-state index is 12.2. The van der Waals surface area contributed by atoms with Gasteiger partial charge in [0.15, 0.2) is 5.13 Å². The van der Waals surface area contributed by atoms with Crippen molar-refractivity contribution < 1.29 is 14.3 Å². The molecule has 1 amide bonds. The molecule has 0 bridgehead atoms. The van der Waals surface area contributed by atoms with E-state index in [0.717, 1.165) is 16.9 Å². The molecule has 1 N–H and O–H groups in total. The van der Waals surface area contributed by atoms with Crippen LogP contribution >= 0.6 is 22.7 Å². The molecule has 3 rings (SSSR count). The minimum atomic E-state index is -0.440. The first-order valence-corrected chi connectivity index (χ1v) is 9.02. The number of esters is 1. The zero-order valence-electron chi connectivity index (χ0n) is 12.8. The fraction of sp³-hybridized carbons (Fsp3) is 0.118. The van der Waals surface area contributed by atoms with Gasteiger partial charge in [-0.2, -0.15) is 11.3 Å². The van der Waals surface area contributed by atoms with Gasteiger partial charge in [0.1, 0.15) is 4.88 Å². The van der Waals surface area contributed by atoms with Crippen molar-refractivity contribution in [3.63, 3.8) is 0 Å². The summed E-state index contributed by atoms with van der Waals surface area (Å²) in [6, 6.07) is 11.1. The van der Waals surface area contributed by atoms with E-state index in [0.29, 0.717) is 21.3 Å². The Balaban J connectivity index is 1.94. The molecule has 0 aliphatic heterocycles. The summed E-state index contributed by atoms with van der Waals surface area (Å²) in [5.74, 6) is -0.690. The lowest BCUT2D eigenvalue weighted by molar-refractivity contribution is 0.0532. The van der Waals surface area contributed by atoms with Crippen LogP contribution in [0.15, 0.2) is 47.2 Å². The number of carbonyl (C=O) groups excluding carboxylic acids is 2. The Morgan fingerprint density at radius 1 is 1.21 bits per heavy atom. The fourth-order valence-electron chi connectivity index (χ4n) is 2.06. The summed E-state index contributed by atoms with van der Waals surface area (Å²) in [6.45, 7) is 2.03. The van der Waals surface area contributed by atoms with E-state index < -0.39 is 5.97 Å². The van der Waals surface area contributed by atoms with Crippen LogP contribution in [0.5, 0.6) is 0 Å². The SMILES string of the molecule is CCOC(=O)c1sc(NC(=O)c2ccsc2)nc1-c1ccccc1. The van der Waals surface area contributed by atoms with Crippen LogP contribution in [0.3, 0.4) is 0 Å². The Hall–Kier alpha value is -2.51. The molecule has 0 radical (unpaired) electrons. The molecule has 122 valence electrons. The van der Waals surface area contributed by atoms with Crippen molar-refractivity contribution in [3.8, 4) is 11.3 Å². The lowest BCUT2D eigenvalue weighted by atomic mass is 10.1. The van der Waals surface area contributed by atoms with Crippen molar-refractivity contribution in [1.29, 1.82) is 0 Å². The minimum absolute atomic E-state index is 0.250. The van der Waals surface area contributed by atoms with E-state index >= 15 is 0 Å². The maximum atomic E-state index is 12.2. The van der Waals surface area contributed by atoms with Crippen molar-refractivity contribution in [2.45, 2.75) is 6.92 Å². The monoisotopic (exact) mass is 358 g/mol. The van der Waals surface area contributed by atoms with Gasteiger partial charge in [0.05, 0.1) is 17.9 Å². The second-order valence-corrected chi connectivity index (χ2v) is 6.53. The largest absolute Gasteiger partial charge is 0.462 e. The average molecular weight is 358 g/mol. The third-order valence-corrected chi connectivity index (χ3v) is 4.77. The summed E-state index contributed by atoms with van der Waals surface area (Å²) in [5, 5.41) is 6.69. The summed E-state index contributed by atoms with van der Waals surface area (Å²) in [7, 11) is 0. The van der Waals surface area contributed by atoms with Gasteiger partial charge in [-0.1, -0.05) is 41.7 Å². The van der Waals surface area contributed by atoms with E-state index in [9.17, 15) is 9.59 Å². The van der Waals surface area contributed by atoms with Gasteiger partial charge in [-0.3, -0.25) is 10.1 Å². The highest BCUT2D eigenvalue weighted by molar-refractivity contribution is 7.18. The molecule has 0 fully saturated rings. The zero-order chi connectivity index (χ0) is 16.9. The smallest absolute Gasteiger partial charge is 0.350 e. The Morgan fingerprint density at radius 3 is 2.67 bits per heavy atom. The predicted molar refractivity (Wildman–Crippen MR) is 95.8 cm³/mol. The van der Waals surface area contributed by atoms with E-state index in [4.69, 9.17) is 4.74 Å². The first kappa shape index (κ1) is 16.4. The molecule has 2 aromatic heterocycles. The number of carbonyl (C=O) groups is 2. The van der Waals surface area contributed by atoms with Crippen molar-refractivity contribution in [3.05, 3.63) is 57.6 Å². The number of rotatable bonds is 5. The van der Waals surface area contributed by atoms with Crippen molar-refractivity contribution >= 4 is 39.7 Å². The molecule has 2 heterocycles. The highest BCUT2D eigenvalue weighted by Gasteiger charge is 2.21. The van der Waals surface area contributed by atoms with Gasteiger partial charge in [0, 0.05) is 10.9 Å². The van der Waals surface area contributed by atoms with Crippen molar-refractivity contribution in [1.82, 2.24) is 4.98 Å². The van der Waals surface area contributed by atoms with Crippen LogP contribution < -0.4 is 5.32 Å². The van der Waals surface area contributed by atoms with Crippen LogP contribution in [0.2, 0.25) is 0 Å². The van der Waals surface area contributed by atoms with E-state index in [-0.39, 0.29) is 12.5 Å². The summed E-state index contributed by atoms with van der Waals surface area (Å²) < 4.78 is 5.10. The van der Waals surface area contributed by atoms with Crippen LogP contribution in [-0.4, -0.2) is 23.5 Å². The number of hydrogen-bond acceptors (Lipinski definition) is 6. The Morgan fingerprint density at radius 2 is 2.00 bits per heavy atom. The molecule has 0 saturated carbocycles. The van der Waals surface area contributed by atoms with E-state index in [1.165, 1.54) is 11.3 Å². The maximum Gasteiger partial charge on any atom is 0.350 e. The Kier molecular flexibility index (Phi) is 5.02. The number of hydrogen-bond donors (Lipinski definition) is 1. The highest BCUT2D eigenvalue weighted by atomic mass is 32.1. The third kappa shape index (κ3) is 3.52. The van der Waals surface area contributed by atoms with E-state index in [1.54, 1.807) is 18.4 Å². The van der Waals surface area contributed by atoms with Gasteiger partial charge in [-0.15, -0.1) is 0 Å². The van der Waals surface area contributed by atoms with Gasteiger partial charge in [-0.05, 0) is 18.4 Å². The average Bonchev–Trinajstić information content (AvgIpc) is 3.26. The van der Waals surface area contributed by atoms with Crippen molar-refractivity contribution in [2.24, 2.45) is 0 Å². The quantitative estimate of drug-likeness (QED) is 0.691. The number of amides is 1. The number of thiophene rings is 1. The van der Waals surface area contributed by atoms with Gasteiger partial charge in [-0.25, -0.2) is 9.78 Å². The second kappa shape index (κ2) is 7.37. The number of ether oxygens (including phenoxy) is 1. The fourth-order valence-corrected chi connectivity index (χ4v) is 3.58. The lowest BCUT2D eigenvalue weighted by Gasteiger charge is -2.01. The second-order valence-electron chi connectivity index (χ2n) is 4.75.